The largest absolute Gasteiger partial charge is 0.484 e. The SMILES string of the molecule is O=C(COc1ccc([N+](=O)[O-])cc1)N1CCN(C(=O)c2ccccc2)CC1. The fourth-order valence-electron chi connectivity index (χ4n) is 2.82. The van der Waals surface area contributed by atoms with E-state index in [2.05, 4.69) is 0 Å². The van der Waals surface area contributed by atoms with Gasteiger partial charge in [-0.15, -0.1) is 0 Å². The first kappa shape index (κ1) is 18.4. The minimum atomic E-state index is -0.495. The zero-order valence-corrected chi connectivity index (χ0v) is 14.6. The van der Waals surface area contributed by atoms with Crippen LogP contribution in [-0.2, 0) is 4.79 Å². The molecule has 8 nitrogen and oxygen atoms in total. The molecular weight excluding hydrogens is 350 g/mol. The number of non-ortho nitro benzene ring substituents is 1. The van der Waals surface area contributed by atoms with Crippen molar-refractivity contribution in [1.82, 2.24) is 9.80 Å². The minimum Gasteiger partial charge on any atom is -0.484 e. The van der Waals surface area contributed by atoms with Crippen molar-refractivity contribution in [1.29, 1.82) is 0 Å². The molecule has 1 saturated heterocycles. The summed E-state index contributed by atoms with van der Waals surface area (Å²) < 4.78 is 5.41. The van der Waals surface area contributed by atoms with Gasteiger partial charge in [-0.05, 0) is 24.3 Å². The molecule has 2 aromatic carbocycles. The van der Waals surface area contributed by atoms with Crippen LogP contribution in [0.25, 0.3) is 0 Å². The smallest absolute Gasteiger partial charge is 0.269 e. The maximum atomic E-state index is 12.4. The predicted octanol–water partition coefficient (Wildman–Crippen LogP) is 1.96. The molecule has 0 N–H and O–H groups in total. The average molecular weight is 369 g/mol. The van der Waals surface area contributed by atoms with Crippen LogP contribution in [0.15, 0.2) is 54.6 Å². The molecule has 8 heteroatoms. The Morgan fingerprint density at radius 2 is 1.52 bits per heavy atom. The van der Waals surface area contributed by atoms with E-state index in [0.29, 0.717) is 37.5 Å². The summed E-state index contributed by atoms with van der Waals surface area (Å²) in [5.74, 6) is 0.178. The van der Waals surface area contributed by atoms with Crippen molar-refractivity contribution in [2.75, 3.05) is 32.8 Å². The van der Waals surface area contributed by atoms with Crippen LogP contribution in [0.4, 0.5) is 5.69 Å². The maximum Gasteiger partial charge on any atom is 0.269 e. The summed E-state index contributed by atoms with van der Waals surface area (Å²) in [6, 6.07) is 14.6. The Hall–Kier alpha value is -3.42. The van der Waals surface area contributed by atoms with Crippen molar-refractivity contribution in [2.45, 2.75) is 0 Å². The van der Waals surface area contributed by atoms with E-state index in [4.69, 9.17) is 4.74 Å². The number of carbonyl (C=O) groups is 2. The molecular formula is C19H19N3O5. The van der Waals surface area contributed by atoms with E-state index >= 15 is 0 Å². The van der Waals surface area contributed by atoms with Crippen LogP contribution in [0.1, 0.15) is 10.4 Å². The molecule has 1 heterocycles. The quantitative estimate of drug-likeness (QED) is 0.593. The molecule has 0 saturated carbocycles. The van der Waals surface area contributed by atoms with Crippen molar-refractivity contribution in [2.24, 2.45) is 0 Å². The lowest BCUT2D eigenvalue weighted by Gasteiger charge is -2.34. The number of ether oxygens (including phenoxy) is 1. The van der Waals surface area contributed by atoms with Gasteiger partial charge in [0, 0.05) is 43.9 Å². The van der Waals surface area contributed by atoms with Gasteiger partial charge in [0.05, 0.1) is 4.92 Å². The Morgan fingerprint density at radius 3 is 2.11 bits per heavy atom. The van der Waals surface area contributed by atoms with E-state index in [-0.39, 0.29) is 24.1 Å². The van der Waals surface area contributed by atoms with Gasteiger partial charge >= 0.3 is 0 Å². The molecule has 140 valence electrons. The van der Waals surface area contributed by atoms with Gasteiger partial charge in [-0.25, -0.2) is 0 Å². The second kappa shape index (κ2) is 8.31. The van der Waals surface area contributed by atoms with Crippen LogP contribution in [0.5, 0.6) is 5.75 Å². The molecule has 0 aromatic heterocycles. The van der Waals surface area contributed by atoms with E-state index in [0.717, 1.165) is 0 Å². The molecule has 1 aliphatic heterocycles. The highest BCUT2D eigenvalue weighted by Gasteiger charge is 2.25. The molecule has 1 aliphatic rings. The maximum absolute atomic E-state index is 12.4. The third kappa shape index (κ3) is 4.60. The molecule has 0 radical (unpaired) electrons. The predicted molar refractivity (Wildman–Crippen MR) is 97.5 cm³/mol. The first-order chi connectivity index (χ1) is 13.0. The zero-order valence-electron chi connectivity index (χ0n) is 14.6. The van der Waals surface area contributed by atoms with Crippen molar-refractivity contribution < 1.29 is 19.2 Å². The monoisotopic (exact) mass is 369 g/mol. The molecule has 0 aliphatic carbocycles. The van der Waals surface area contributed by atoms with Crippen LogP contribution >= 0.6 is 0 Å². The highest BCUT2D eigenvalue weighted by atomic mass is 16.6. The van der Waals surface area contributed by atoms with Crippen LogP contribution in [0, 0.1) is 10.1 Å². The summed E-state index contributed by atoms with van der Waals surface area (Å²) in [7, 11) is 0. The van der Waals surface area contributed by atoms with E-state index < -0.39 is 4.92 Å². The summed E-state index contributed by atoms with van der Waals surface area (Å²) in [5, 5.41) is 10.6. The Morgan fingerprint density at radius 1 is 0.926 bits per heavy atom. The number of nitro groups is 1. The molecule has 2 amide bonds. The molecule has 27 heavy (non-hydrogen) atoms. The summed E-state index contributed by atoms with van der Waals surface area (Å²) in [5.41, 5.74) is 0.603. The van der Waals surface area contributed by atoms with Gasteiger partial charge in [0.1, 0.15) is 5.75 Å². The van der Waals surface area contributed by atoms with Crippen LogP contribution in [0.3, 0.4) is 0 Å². The van der Waals surface area contributed by atoms with Crippen LogP contribution < -0.4 is 4.74 Å². The first-order valence-electron chi connectivity index (χ1n) is 8.54. The molecule has 3 rings (SSSR count). The molecule has 2 aromatic rings. The summed E-state index contributed by atoms with van der Waals surface area (Å²) in [6.45, 7) is 1.68. The Labute approximate surface area is 156 Å². The second-order valence-electron chi connectivity index (χ2n) is 6.08. The van der Waals surface area contributed by atoms with Crippen molar-refractivity contribution in [3.8, 4) is 5.75 Å². The highest BCUT2D eigenvalue weighted by Crippen LogP contribution is 2.17. The van der Waals surface area contributed by atoms with Crippen LogP contribution in [-0.4, -0.2) is 59.3 Å². The topological polar surface area (TPSA) is 93.0 Å². The number of rotatable bonds is 5. The van der Waals surface area contributed by atoms with E-state index in [1.165, 1.54) is 24.3 Å². The summed E-state index contributed by atoms with van der Waals surface area (Å²) >= 11 is 0. The standard InChI is InChI=1S/C19H19N3O5/c23-18(14-27-17-8-6-16(7-9-17)22(25)26)20-10-12-21(13-11-20)19(24)15-4-2-1-3-5-15/h1-9H,10-14H2. The van der Waals surface area contributed by atoms with Crippen LogP contribution in [0.2, 0.25) is 0 Å². The minimum absolute atomic E-state index is 0.0344. The summed E-state index contributed by atoms with van der Waals surface area (Å²) in [4.78, 5) is 38.2. The Balaban J connectivity index is 1.47. The van der Waals surface area contributed by atoms with Gasteiger partial charge < -0.3 is 14.5 Å². The lowest BCUT2D eigenvalue weighted by atomic mass is 10.2. The van der Waals surface area contributed by atoms with Gasteiger partial charge in [0.15, 0.2) is 6.61 Å². The van der Waals surface area contributed by atoms with Crippen molar-refractivity contribution in [3.05, 3.63) is 70.3 Å². The number of carbonyl (C=O) groups excluding carboxylic acids is 2. The Kier molecular flexibility index (Phi) is 5.65. The van der Waals surface area contributed by atoms with Gasteiger partial charge in [-0.3, -0.25) is 19.7 Å². The van der Waals surface area contributed by atoms with E-state index in [1.807, 2.05) is 18.2 Å². The van der Waals surface area contributed by atoms with Crippen molar-refractivity contribution in [3.63, 3.8) is 0 Å². The number of nitro benzene ring substituents is 1. The zero-order chi connectivity index (χ0) is 19.2. The lowest BCUT2D eigenvalue weighted by Crippen LogP contribution is -2.51. The number of nitrogens with zero attached hydrogens (tertiary/aromatic N) is 3. The Bertz CT molecular complexity index is 815. The molecule has 0 atom stereocenters. The number of amides is 2. The fourth-order valence-corrected chi connectivity index (χ4v) is 2.82. The van der Waals surface area contributed by atoms with Gasteiger partial charge in [0.25, 0.3) is 17.5 Å². The molecule has 1 fully saturated rings. The molecule has 0 bridgehead atoms. The molecule has 0 unspecified atom stereocenters. The average Bonchev–Trinajstić information content (AvgIpc) is 2.72. The number of hydrogen-bond donors (Lipinski definition) is 0. The summed E-state index contributed by atoms with van der Waals surface area (Å²) in [6.07, 6.45) is 0. The number of piperazine rings is 1. The third-order valence-corrected chi connectivity index (χ3v) is 4.35. The third-order valence-electron chi connectivity index (χ3n) is 4.35. The number of hydrogen-bond acceptors (Lipinski definition) is 5. The second-order valence-corrected chi connectivity index (χ2v) is 6.08. The number of benzene rings is 2. The molecule has 0 spiro atoms. The van der Waals surface area contributed by atoms with E-state index in [1.54, 1.807) is 21.9 Å². The van der Waals surface area contributed by atoms with Gasteiger partial charge in [-0.1, -0.05) is 18.2 Å². The normalized spacial score (nSPS) is 13.9. The van der Waals surface area contributed by atoms with E-state index in [9.17, 15) is 19.7 Å². The fraction of sp³-hybridized carbons (Fsp3) is 0.263. The first-order valence-corrected chi connectivity index (χ1v) is 8.54. The highest BCUT2D eigenvalue weighted by molar-refractivity contribution is 5.94. The van der Waals surface area contributed by atoms with Gasteiger partial charge in [-0.2, -0.15) is 0 Å². The van der Waals surface area contributed by atoms with Gasteiger partial charge in [0.2, 0.25) is 0 Å². The van der Waals surface area contributed by atoms with Crippen molar-refractivity contribution >= 4 is 17.5 Å². The lowest BCUT2D eigenvalue weighted by molar-refractivity contribution is -0.384.